The molecule has 3 aromatic rings. The zero-order valence-electron chi connectivity index (χ0n) is 29.8. The summed E-state index contributed by atoms with van der Waals surface area (Å²) in [6, 6.07) is 8.34. The van der Waals surface area contributed by atoms with Gasteiger partial charge in [-0.3, -0.25) is 9.55 Å². The topological polar surface area (TPSA) is 91.2 Å². The minimum atomic E-state index is -3.34. The van der Waals surface area contributed by atoms with Gasteiger partial charge in [0.25, 0.3) is 0 Å². The van der Waals surface area contributed by atoms with Gasteiger partial charge in [-0.15, -0.1) is 10.2 Å². The molecule has 1 atom stereocenters. The summed E-state index contributed by atoms with van der Waals surface area (Å²) >= 11 is 0.247. The highest BCUT2D eigenvalue weighted by Gasteiger charge is 2.22. The fraction of sp³-hybridized carbons (Fsp3) is 0.429. The minimum Gasteiger partial charge on any atom is -0.486 e. The van der Waals surface area contributed by atoms with Gasteiger partial charge in [0.05, 0.1) is 11.9 Å². The highest BCUT2D eigenvalue weighted by atomic mass is 32.2. The molecule has 0 spiro atoms. The van der Waals surface area contributed by atoms with E-state index in [9.17, 15) is 4.79 Å². The van der Waals surface area contributed by atoms with Crippen LogP contribution in [0.4, 0.5) is 4.79 Å². The Morgan fingerprint density at radius 3 is 2.81 bits per heavy atom. The molecule has 0 aliphatic heterocycles. The number of rotatable bonds is 8. The third-order valence-electron chi connectivity index (χ3n) is 4.88. The first kappa shape index (κ1) is 17.1. The number of hydrogen-bond donors (Lipinski definition) is 1. The first-order valence-electron chi connectivity index (χ1n) is 16.0. The first-order chi connectivity index (χ1) is 21.3. The van der Waals surface area contributed by atoms with Crippen LogP contribution in [0.3, 0.4) is 0 Å². The predicted molar refractivity (Wildman–Crippen MR) is 144 cm³/mol. The Hall–Kier alpha value is -3.51. The van der Waals surface area contributed by atoms with Gasteiger partial charge in [0.15, 0.2) is 17.1 Å². The summed E-state index contributed by atoms with van der Waals surface area (Å²) in [6.45, 7) is 6.96. The summed E-state index contributed by atoms with van der Waals surface area (Å²) in [4.78, 5) is 15.9. The number of ether oxygens (including phenoxy) is 2. The smallest absolute Gasteiger partial charge is 0.408 e. The van der Waals surface area contributed by atoms with Crippen LogP contribution in [0.2, 0.25) is 0 Å². The molecule has 194 valence electrons. The summed E-state index contributed by atoms with van der Waals surface area (Å²) in [5.74, 6) is 6.50. The Balaban J connectivity index is 1.59. The van der Waals surface area contributed by atoms with E-state index in [1.165, 1.54) is 17.0 Å². The molecule has 1 N–H and O–H groups in total. The lowest BCUT2D eigenvalue weighted by Gasteiger charge is -2.13. The van der Waals surface area contributed by atoms with Gasteiger partial charge < -0.3 is 14.8 Å². The summed E-state index contributed by atoms with van der Waals surface area (Å²) < 4.78 is 87.5. The van der Waals surface area contributed by atoms with Crippen LogP contribution in [0.15, 0.2) is 47.9 Å². The van der Waals surface area contributed by atoms with Crippen LogP contribution < -0.4 is 10.1 Å². The second kappa shape index (κ2) is 12.6. The van der Waals surface area contributed by atoms with E-state index in [0.717, 1.165) is 5.56 Å². The zero-order chi connectivity index (χ0) is 34.3. The molecule has 1 unspecified atom stereocenters. The highest BCUT2D eigenvalue weighted by Crippen LogP contribution is 2.35. The Kier molecular flexibility index (Phi) is 5.84. The van der Waals surface area contributed by atoms with Gasteiger partial charge >= 0.3 is 6.09 Å². The van der Waals surface area contributed by atoms with Crippen molar-refractivity contribution in [2.75, 3.05) is 0 Å². The molecule has 4 rings (SSSR count). The van der Waals surface area contributed by atoms with Gasteiger partial charge in [-0.2, -0.15) is 0 Å². The normalized spacial score (nSPS) is 24.1. The SMILES string of the molecule is [2H]C1([2H])C([2H])([2H])C([2H])([2H])C([2H])(Sc2nnc(COc3ccc(C#CC(C)OC(=O)NC(C)C)c(C)c3)n2-c2cccnc2)C1([2H])[2H]. The van der Waals surface area contributed by atoms with E-state index < -0.39 is 42.9 Å². The number of alkyl carbamates (subject to hydrolysis) is 1. The monoisotopic (exact) mass is 528 g/mol. The van der Waals surface area contributed by atoms with Crippen LogP contribution in [0.5, 0.6) is 5.75 Å². The van der Waals surface area contributed by atoms with Crippen molar-refractivity contribution in [2.24, 2.45) is 0 Å². The van der Waals surface area contributed by atoms with Crippen molar-refractivity contribution in [3.63, 3.8) is 0 Å². The van der Waals surface area contributed by atoms with Crippen LogP contribution in [-0.2, 0) is 11.3 Å². The number of amides is 1. The molecule has 1 saturated carbocycles. The molecule has 1 aliphatic rings. The number of benzene rings is 1. The lowest BCUT2D eigenvalue weighted by Crippen LogP contribution is -2.32. The van der Waals surface area contributed by atoms with Gasteiger partial charge in [0, 0.05) is 35.4 Å². The number of aromatic nitrogens is 4. The van der Waals surface area contributed by atoms with Gasteiger partial charge in [0.2, 0.25) is 0 Å². The van der Waals surface area contributed by atoms with E-state index >= 15 is 0 Å². The number of pyridine rings is 1. The quantitative estimate of drug-likeness (QED) is 0.388. The lowest BCUT2D eigenvalue weighted by atomic mass is 10.1. The van der Waals surface area contributed by atoms with Crippen LogP contribution in [0.25, 0.3) is 5.69 Å². The third kappa shape index (κ3) is 7.49. The second-order valence-electron chi connectivity index (χ2n) is 8.26. The van der Waals surface area contributed by atoms with Gasteiger partial charge in [-0.05, 0) is 76.3 Å². The number of carbonyl (C=O) groups is 1. The Morgan fingerprint density at radius 1 is 1.30 bits per heavy atom. The van der Waals surface area contributed by atoms with Crippen molar-refractivity contribution >= 4 is 17.9 Å². The van der Waals surface area contributed by atoms with Crippen molar-refractivity contribution in [1.82, 2.24) is 25.1 Å². The molecule has 37 heavy (non-hydrogen) atoms. The minimum absolute atomic E-state index is 0.0649. The highest BCUT2D eigenvalue weighted by molar-refractivity contribution is 7.99. The van der Waals surface area contributed by atoms with Crippen LogP contribution >= 0.6 is 11.8 Å². The number of carbonyl (C=O) groups excluding carboxylic acids is 1. The Morgan fingerprint density at radius 2 is 2.11 bits per heavy atom. The maximum absolute atomic E-state index is 11.8. The van der Waals surface area contributed by atoms with Gasteiger partial charge in [-0.1, -0.05) is 36.3 Å². The zero-order valence-corrected chi connectivity index (χ0v) is 21.6. The molecule has 1 aliphatic carbocycles. The molecule has 1 amide bonds. The summed E-state index contributed by atoms with van der Waals surface area (Å²) in [6.07, 6.45) is -11.5. The number of nitrogens with zero attached hydrogens (tertiary/aromatic N) is 4. The van der Waals surface area contributed by atoms with E-state index in [1.807, 2.05) is 20.8 Å². The van der Waals surface area contributed by atoms with Gasteiger partial charge in [0.1, 0.15) is 12.4 Å². The molecule has 0 radical (unpaired) electrons. The average molecular weight is 529 g/mol. The molecule has 1 fully saturated rings. The van der Waals surface area contributed by atoms with Crippen molar-refractivity contribution in [3.05, 3.63) is 59.7 Å². The molecule has 0 bridgehead atoms. The van der Waals surface area contributed by atoms with Crippen molar-refractivity contribution in [2.45, 2.75) is 82.3 Å². The number of aryl methyl sites for hydroxylation is 1. The molecule has 2 heterocycles. The number of thioether (sulfide) groups is 1. The third-order valence-corrected chi connectivity index (χ3v) is 5.73. The fourth-order valence-electron chi connectivity index (χ4n) is 3.21. The summed E-state index contributed by atoms with van der Waals surface area (Å²) in [5, 5.41) is 7.64. The van der Waals surface area contributed by atoms with Crippen molar-refractivity contribution in [3.8, 4) is 23.3 Å². The van der Waals surface area contributed by atoms with Crippen LogP contribution in [0, 0.1) is 18.8 Å². The van der Waals surface area contributed by atoms with Crippen molar-refractivity contribution in [1.29, 1.82) is 0 Å². The van der Waals surface area contributed by atoms with E-state index in [0.29, 0.717) is 17.0 Å². The Labute approximate surface area is 235 Å². The average Bonchev–Trinajstić information content (AvgIpc) is 3.38. The molecule has 2 aromatic heterocycles. The number of nitrogens with one attached hydrogen (secondary N) is 1. The fourth-order valence-corrected chi connectivity index (χ4v) is 3.98. The lowest BCUT2D eigenvalue weighted by molar-refractivity contribution is 0.128. The maximum Gasteiger partial charge on any atom is 0.408 e. The first-order valence-corrected chi connectivity index (χ1v) is 12.3. The maximum atomic E-state index is 11.8. The van der Waals surface area contributed by atoms with E-state index in [4.69, 9.17) is 21.8 Å². The van der Waals surface area contributed by atoms with Crippen molar-refractivity contribution < 1.29 is 26.6 Å². The molecule has 0 saturated heterocycles. The Bertz CT molecular complexity index is 1630. The summed E-state index contributed by atoms with van der Waals surface area (Å²) in [7, 11) is 0. The van der Waals surface area contributed by atoms with E-state index in [2.05, 4.69) is 32.3 Å². The standard InChI is InChI=1S/C28H33N5O3S/c1-19(2)30-28(34)36-21(4)11-12-22-13-14-24(16-20(22)3)35-18-26-31-32-27(37-25-9-5-6-10-25)33(26)23-8-7-15-29-17-23/h7-8,13-17,19,21,25H,5-6,9-10,18H2,1-4H3,(H,30,34)/i5D2,6D2,9D2,10D2,25D. The summed E-state index contributed by atoms with van der Waals surface area (Å²) in [5.41, 5.74) is 1.84. The second-order valence-corrected chi connectivity index (χ2v) is 9.24. The largest absolute Gasteiger partial charge is 0.486 e. The molecule has 8 nitrogen and oxygen atoms in total. The van der Waals surface area contributed by atoms with Crippen LogP contribution in [0.1, 0.15) is 75.6 Å². The predicted octanol–water partition coefficient (Wildman–Crippen LogP) is 5.46. The van der Waals surface area contributed by atoms with E-state index in [1.54, 1.807) is 37.3 Å². The van der Waals surface area contributed by atoms with E-state index in [-0.39, 0.29) is 35.4 Å². The van der Waals surface area contributed by atoms with Gasteiger partial charge in [-0.25, -0.2) is 4.79 Å². The molecular weight excluding hydrogens is 486 g/mol. The number of hydrogen-bond acceptors (Lipinski definition) is 7. The molecule has 9 heteroatoms. The molecular formula is C28H33N5O3S. The van der Waals surface area contributed by atoms with Crippen LogP contribution in [-0.4, -0.2) is 43.2 Å². The molecule has 1 aromatic carbocycles.